The molecule has 1 nitrogen and oxygen atoms in total. The third-order valence-corrected chi connectivity index (χ3v) is 3.77. The zero-order chi connectivity index (χ0) is 13.7. The van der Waals surface area contributed by atoms with Gasteiger partial charge in [0, 0.05) is 5.56 Å². The van der Waals surface area contributed by atoms with Gasteiger partial charge in [-0.05, 0) is 37.8 Å². The highest BCUT2D eigenvalue weighted by Crippen LogP contribution is 2.29. The zero-order valence-electron chi connectivity index (χ0n) is 11.1. The van der Waals surface area contributed by atoms with Crippen molar-refractivity contribution in [2.24, 2.45) is 0 Å². The van der Waals surface area contributed by atoms with Gasteiger partial charge in [0.05, 0.1) is 18.7 Å². The van der Waals surface area contributed by atoms with E-state index in [1.54, 1.807) is 6.07 Å². The van der Waals surface area contributed by atoms with E-state index in [0.29, 0.717) is 6.54 Å². The number of alkyl halides is 3. The van der Waals surface area contributed by atoms with Gasteiger partial charge in [0.1, 0.15) is 6.54 Å². The summed E-state index contributed by atoms with van der Waals surface area (Å²) in [5, 5.41) is 0. The van der Waals surface area contributed by atoms with Crippen LogP contribution in [0.5, 0.6) is 0 Å². The first-order chi connectivity index (χ1) is 9.05. The van der Waals surface area contributed by atoms with E-state index in [4.69, 9.17) is 0 Å². The first-order valence-corrected chi connectivity index (χ1v) is 7.05. The summed E-state index contributed by atoms with van der Waals surface area (Å²) in [5.41, 5.74) is 0.266. The maximum absolute atomic E-state index is 12.7. The number of quaternary nitrogens is 1. The fourth-order valence-electron chi connectivity index (χ4n) is 2.73. The predicted octanol–water partition coefficient (Wildman–Crippen LogP) is 3.05. The quantitative estimate of drug-likeness (QED) is 0.844. The van der Waals surface area contributed by atoms with E-state index >= 15 is 0 Å². The molecular formula is C15H21F3N+. The lowest BCUT2D eigenvalue weighted by Gasteiger charge is -2.22. The summed E-state index contributed by atoms with van der Waals surface area (Å²) in [6, 6.07) is 5.76. The lowest BCUT2D eigenvalue weighted by atomic mass is 10.1. The predicted molar refractivity (Wildman–Crippen MR) is 68.9 cm³/mol. The van der Waals surface area contributed by atoms with Crippen molar-refractivity contribution < 1.29 is 18.1 Å². The minimum Gasteiger partial charge on any atom is -0.331 e. The Morgan fingerprint density at radius 2 is 1.58 bits per heavy atom. The van der Waals surface area contributed by atoms with Crippen LogP contribution in [0.4, 0.5) is 13.2 Å². The number of benzene rings is 1. The molecule has 2 rings (SSSR count). The second kappa shape index (κ2) is 6.42. The maximum Gasteiger partial charge on any atom is 0.416 e. The van der Waals surface area contributed by atoms with Crippen molar-refractivity contribution in [1.82, 2.24) is 0 Å². The minimum atomic E-state index is -4.23. The van der Waals surface area contributed by atoms with Gasteiger partial charge in [0.15, 0.2) is 0 Å². The second-order valence-corrected chi connectivity index (χ2v) is 5.39. The van der Waals surface area contributed by atoms with Crippen LogP contribution < -0.4 is 4.90 Å². The van der Waals surface area contributed by atoms with Gasteiger partial charge < -0.3 is 4.90 Å². The van der Waals surface area contributed by atoms with Crippen molar-refractivity contribution in [3.8, 4) is 0 Å². The van der Waals surface area contributed by atoms with Crippen molar-refractivity contribution in [3.63, 3.8) is 0 Å². The maximum atomic E-state index is 12.7. The van der Waals surface area contributed by atoms with Crippen molar-refractivity contribution in [2.75, 3.05) is 13.1 Å². The molecule has 0 aliphatic carbocycles. The second-order valence-electron chi connectivity index (χ2n) is 5.39. The normalized spacial score (nSPS) is 18.9. The largest absolute Gasteiger partial charge is 0.416 e. The molecule has 0 amide bonds. The number of nitrogens with one attached hydrogen (secondary N) is 1. The first kappa shape index (κ1) is 14.4. The Kier molecular flexibility index (Phi) is 4.86. The fourth-order valence-corrected chi connectivity index (χ4v) is 2.73. The SMILES string of the molecule is FC(F)(F)c1cccc(C[NH+]2CCCCCCC2)c1. The summed E-state index contributed by atoms with van der Waals surface area (Å²) in [5.74, 6) is 0. The van der Waals surface area contributed by atoms with E-state index in [1.807, 2.05) is 0 Å². The van der Waals surface area contributed by atoms with Gasteiger partial charge in [-0.15, -0.1) is 0 Å². The zero-order valence-corrected chi connectivity index (χ0v) is 11.1. The lowest BCUT2D eigenvalue weighted by Crippen LogP contribution is -3.10. The molecule has 1 N–H and O–H groups in total. The van der Waals surface area contributed by atoms with Crippen LogP contribution in [0.15, 0.2) is 24.3 Å². The summed E-state index contributed by atoms with van der Waals surface area (Å²) in [7, 11) is 0. The Hall–Kier alpha value is -1.03. The van der Waals surface area contributed by atoms with Crippen LogP contribution in [0.25, 0.3) is 0 Å². The number of hydrogen-bond donors (Lipinski definition) is 1. The molecule has 1 aliphatic heterocycles. The molecule has 106 valence electrons. The number of likely N-dealkylation sites (tertiary alicyclic amines) is 1. The lowest BCUT2D eigenvalue weighted by molar-refractivity contribution is -0.914. The summed E-state index contributed by atoms with van der Waals surface area (Å²) >= 11 is 0. The molecule has 1 fully saturated rings. The van der Waals surface area contributed by atoms with Crippen LogP contribution in [0.2, 0.25) is 0 Å². The number of halogens is 3. The average molecular weight is 272 g/mol. The highest BCUT2D eigenvalue weighted by Gasteiger charge is 2.30. The molecule has 1 heterocycles. The van der Waals surface area contributed by atoms with Crippen LogP contribution in [0.1, 0.15) is 43.2 Å². The van der Waals surface area contributed by atoms with Crippen LogP contribution in [0.3, 0.4) is 0 Å². The van der Waals surface area contributed by atoms with Gasteiger partial charge in [-0.1, -0.05) is 18.6 Å². The molecule has 0 saturated carbocycles. The van der Waals surface area contributed by atoms with Crippen LogP contribution in [-0.4, -0.2) is 13.1 Å². The molecule has 1 saturated heterocycles. The van der Waals surface area contributed by atoms with Crippen molar-refractivity contribution in [2.45, 2.75) is 44.8 Å². The highest BCUT2D eigenvalue weighted by atomic mass is 19.4. The molecular weight excluding hydrogens is 251 g/mol. The average Bonchev–Trinajstić information content (AvgIpc) is 2.32. The van der Waals surface area contributed by atoms with Gasteiger partial charge in [0.2, 0.25) is 0 Å². The van der Waals surface area contributed by atoms with Crippen molar-refractivity contribution >= 4 is 0 Å². The summed E-state index contributed by atoms with van der Waals surface area (Å²) in [6.45, 7) is 2.87. The van der Waals surface area contributed by atoms with E-state index < -0.39 is 11.7 Å². The molecule has 0 bridgehead atoms. The van der Waals surface area contributed by atoms with E-state index in [1.165, 1.54) is 49.1 Å². The van der Waals surface area contributed by atoms with Crippen molar-refractivity contribution in [3.05, 3.63) is 35.4 Å². The molecule has 1 aromatic rings. The van der Waals surface area contributed by atoms with E-state index in [9.17, 15) is 13.2 Å². The van der Waals surface area contributed by atoms with Crippen LogP contribution in [0, 0.1) is 0 Å². The molecule has 0 aromatic heterocycles. The third kappa shape index (κ3) is 4.53. The summed E-state index contributed by atoms with van der Waals surface area (Å²) in [6.07, 6.45) is 1.96. The van der Waals surface area contributed by atoms with Gasteiger partial charge in [-0.2, -0.15) is 13.2 Å². The molecule has 4 heteroatoms. The molecule has 0 spiro atoms. The van der Waals surface area contributed by atoms with E-state index in [0.717, 1.165) is 24.7 Å². The van der Waals surface area contributed by atoms with Crippen LogP contribution >= 0.6 is 0 Å². The fraction of sp³-hybridized carbons (Fsp3) is 0.600. The molecule has 0 radical (unpaired) electrons. The van der Waals surface area contributed by atoms with Gasteiger partial charge in [0.25, 0.3) is 0 Å². The summed E-state index contributed by atoms with van der Waals surface area (Å²) in [4.78, 5) is 1.42. The van der Waals surface area contributed by atoms with Gasteiger partial charge in [-0.25, -0.2) is 0 Å². The molecule has 0 atom stereocenters. The molecule has 1 aliphatic rings. The Morgan fingerprint density at radius 1 is 0.947 bits per heavy atom. The number of hydrogen-bond acceptors (Lipinski definition) is 0. The monoisotopic (exact) mass is 272 g/mol. The Balaban J connectivity index is 2.01. The molecule has 0 unspecified atom stereocenters. The molecule has 19 heavy (non-hydrogen) atoms. The first-order valence-electron chi connectivity index (χ1n) is 7.05. The summed E-state index contributed by atoms with van der Waals surface area (Å²) < 4.78 is 38.0. The van der Waals surface area contributed by atoms with Gasteiger partial charge >= 0.3 is 6.18 Å². The minimum absolute atomic E-state index is 0.531. The Labute approximate surface area is 112 Å². The van der Waals surface area contributed by atoms with E-state index in [-0.39, 0.29) is 0 Å². The Morgan fingerprint density at radius 3 is 2.21 bits per heavy atom. The van der Waals surface area contributed by atoms with E-state index in [2.05, 4.69) is 0 Å². The highest BCUT2D eigenvalue weighted by molar-refractivity contribution is 5.24. The van der Waals surface area contributed by atoms with Crippen LogP contribution in [-0.2, 0) is 12.7 Å². The smallest absolute Gasteiger partial charge is 0.331 e. The topological polar surface area (TPSA) is 4.44 Å². The number of rotatable bonds is 2. The third-order valence-electron chi connectivity index (χ3n) is 3.77. The Bertz CT molecular complexity index is 393. The standard InChI is InChI=1S/C15H20F3N/c16-15(17,18)14-8-6-7-13(11-14)12-19-9-4-2-1-3-5-10-19/h6-8,11H,1-5,9-10,12H2/p+1. The van der Waals surface area contributed by atoms with Gasteiger partial charge in [-0.3, -0.25) is 0 Å². The van der Waals surface area contributed by atoms with Crippen molar-refractivity contribution in [1.29, 1.82) is 0 Å². The molecule has 1 aromatic carbocycles.